The quantitative estimate of drug-likeness (QED) is 0.740. The zero-order chi connectivity index (χ0) is 11.3. The van der Waals surface area contributed by atoms with Gasteiger partial charge < -0.3 is 15.2 Å². The van der Waals surface area contributed by atoms with Crippen LogP contribution >= 0.6 is 0 Å². The van der Waals surface area contributed by atoms with Crippen molar-refractivity contribution in [3.05, 3.63) is 23.8 Å². The number of nitrogens with two attached hydrogens (primary N) is 1. The second-order valence-electron chi connectivity index (χ2n) is 2.72. The Morgan fingerprint density at radius 1 is 1.60 bits per heavy atom. The molecule has 0 saturated heterocycles. The lowest BCUT2D eigenvalue weighted by atomic mass is 10.2. The summed E-state index contributed by atoms with van der Waals surface area (Å²) in [6.07, 6.45) is 5.04. The van der Waals surface area contributed by atoms with E-state index in [4.69, 9.17) is 21.6 Å². The summed E-state index contributed by atoms with van der Waals surface area (Å²) in [7, 11) is 1.50. The Hall–Kier alpha value is -2.15. The highest BCUT2D eigenvalue weighted by atomic mass is 16.5. The number of amides is 1. The van der Waals surface area contributed by atoms with Crippen molar-refractivity contribution in [2.75, 3.05) is 13.7 Å². The van der Waals surface area contributed by atoms with Crippen molar-refractivity contribution in [2.24, 2.45) is 5.73 Å². The molecular weight excluding hydrogens is 194 g/mol. The predicted molar refractivity (Wildman–Crippen MR) is 55.8 cm³/mol. The molecule has 2 N–H and O–H groups in total. The standard InChI is InChI=1S/C11H11NO3/c1-3-6-15-10-5-4-8(14-2)7-9(10)11(12)13/h1,4-5,7H,6H2,2H3,(H2,12,13). The number of benzene rings is 1. The third-order valence-electron chi connectivity index (χ3n) is 1.76. The summed E-state index contributed by atoms with van der Waals surface area (Å²) in [5.74, 6) is 2.62. The number of methoxy groups -OCH3 is 1. The maximum Gasteiger partial charge on any atom is 0.252 e. The van der Waals surface area contributed by atoms with Crippen LogP contribution in [0.5, 0.6) is 11.5 Å². The first-order chi connectivity index (χ1) is 7.19. The van der Waals surface area contributed by atoms with Crippen molar-refractivity contribution in [1.82, 2.24) is 0 Å². The van der Waals surface area contributed by atoms with Gasteiger partial charge in [-0.25, -0.2) is 0 Å². The summed E-state index contributed by atoms with van der Waals surface area (Å²) in [5, 5.41) is 0. The lowest BCUT2D eigenvalue weighted by Gasteiger charge is -2.08. The topological polar surface area (TPSA) is 61.6 Å². The minimum atomic E-state index is -0.582. The number of carbonyl (C=O) groups is 1. The molecule has 0 fully saturated rings. The van der Waals surface area contributed by atoms with E-state index in [-0.39, 0.29) is 12.2 Å². The molecule has 0 spiro atoms. The molecule has 4 nitrogen and oxygen atoms in total. The first-order valence-electron chi connectivity index (χ1n) is 4.23. The van der Waals surface area contributed by atoms with Gasteiger partial charge in [0.05, 0.1) is 12.7 Å². The highest BCUT2D eigenvalue weighted by Crippen LogP contribution is 2.23. The second kappa shape index (κ2) is 4.91. The molecule has 15 heavy (non-hydrogen) atoms. The molecule has 0 aliphatic rings. The monoisotopic (exact) mass is 205 g/mol. The van der Waals surface area contributed by atoms with E-state index in [9.17, 15) is 4.79 Å². The molecular formula is C11H11NO3. The van der Waals surface area contributed by atoms with E-state index < -0.39 is 5.91 Å². The Labute approximate surface area is 88.0 Å². The highest BCUT2D eigenvalue weighted by molar-refractivity contribution is 5.96. The molecule has 0 saturated carbocycles. The van der Waals surface area contributed by atoms with Gasteiger partial charge in [-0.15, -0.1) is 6.42 Å². The Kier molecular flexibility index (Phi) is 3.58. The first kappa shape index (κ1) is 10.9. The molecule has 0 unspecified atom stereocenters. The molecule has 0 radical (unpaired) electrons. The highest BCUT2D eigenvalue weighted by Gasteiger charge is 2.10. The molecule has 0 aromatic heterocycles. The number of hydrogen-bond donors (Lipinski definition) is 1. The molecule has 0 aliphatic carbocycles. The van der Waals surface area contributed by atoms with Crippen molar-refractivity contribution in [2.45, 2.75) is 0 Å². The van der Waals surface area contributed by atoms with Crippen LogP contribution in [0.1, 0.15) is 10.4 Å². The maximum atomic E-state index is 11.1. The lowest BCUT2D eigenvalue weighted by Crippen LogP contribution is -2.13. The molecule has 1 rings (SSSR count). The van der Waals surface area contributed by atoms with E-state index in [0.717, 1.165) is 0 Å². The fraction of sp³-hybridized carbons (Fsp3) is 0.182. The molecule has 78 valence electrons. The van der Waals surface area contributed by atoms with Crippen LogP contribution in [0.3, 0.4) is 0 Å². The Morgan fingerprint density at radius 2 is 2.33 bits per heavy atom. The summed E-state index contributed by atoms with van der Waals surface area (Å²) in [6, 6.07) is 4.77. The second-order valence-corrected chi connectivity index (χ2v) is 2.72. The zero-order valence-electron chi connectivity index (χ0n) is 8.32. The van der Waals surface area contributed by atoms with Crippen LogP contribution in [0.25, 0.3) is 0 Å². The van der Waals surface area contributed by atoms with Crippen LogP contribution in [0.15, 0.2) is 18.2 Å². The van der Waals surface area contributed by atoms with Crippen LogP contribution in [0, 0.1) is 12.3 Å². The SMILES string of the molecule is C#CCOc1ccc(OC)cc1C(N)=O. The summed E-state index contributed by atoms with van der Waals surface area (Å²) < 4.78 is 10.1. The lowest BCUT2D eigenvalue weighted by molar-refractivity contribution is 0.0996. The molecule has 4 heteroatoms. The van der Waals surface area contributed by atoms with Crippen molar-refractivity contribution in [1.29, 1.82) is 0 Å². The van der Waals surface area contributed by atoms with Gasteiger partial charge in [-0.2, -0.15) is 0 Å². The summed E-state index contributed by atoms with van der Waals surface area (Å²) in [6.45, 7) is 0.0899. The van der Waals surface area contributed by atoms with Gasteiger partial charge in [-0.05, 0) is 18.2 Å². The normalized spacial score (nSPS) is 9.07. The number of terminal acetylenes is 1. The van der Waals surface area contributed by atoms with Crippen LogP contribution in [0.4, 0.5) is 0 Å². The van der Waals surface area contributed by atoms with Crippen LogP contribution in [0.2, 0.25) is 0 Å². The summed E-state index contributed by atoms with van der Waals surface area (Å²) in [4.78, 5) is 11.1. The Morgan fingerprint density at radius 3 is 2.87 bits per heavy atom. The van der Waals surface area contributed by atoms with E-state index >= 15 is 0 Å². The Bertz CT molecular complexity index is 407. The van der Waals surface area contributed by atoms with Gasteiger partial charge in [-0.1, -0.05) is 5.92 Å². The van der Waals surface area contributed by atoms with E-state index in [0.29, 0.717) is 11.5 Å². The Balaban J connectivity index is 3.05. The van der Waals surface area contributed by atoms with Crippen molar-refractivity contribution in [3.8, 4) is 23.8 Å². The van der Waals surface area contributed by atoms with Crippen LogP contribution in [-0.2, 0) is 0 Å². The number of rotatable bonds is 4. The molecule has 1 aromatic carbocycles. The summed E-state index contributed by atoms with van der Waals surface area (Å²) in [5.41, 5.74) is 5.44. The van der Waals surface area contributed by atoms with Gasteiger partial charge in [-0.3, -0.25) is 4.79 Å². The number of ether oxygens (including phenoxy) is 2. The van der Waals surface area contributed by atoms with E-state index in [1.165, 1.54) is 13.2 Å². The van der Waals surface area contributed by atoms with Crippen molar-refractivity contribution < 1.29 is 14.3 Å². The van der Waals surface area contributed by atoms with Crippen LogP contribution < -0.4 is 15.2 Å². The molecule has 0 aliphatic heterocycles. The fourth-order valence-electron chi connectivity index (χ4n) is 1.07. The average Bonchev–Trinajstić information content (AvgIpc) is 2.26. The molecule has 0 bridgehead atoms. The summed E-state index contributed by atoms with van der Waals surface area (Å²) >= 11 is 0. The average molecular weight is 205 g/mol. The maximum absolute atomic E-state index is 11.1. The van der Waals surface area contributed by atoms with Gasteiger partial charge in [0.2, 0.25) is 0 Å². The van der Waals surface area contributed by atoms with Gasteiger partial charge in [0.1, 0.15) is 18.1 Å². The molecule has 0 heterocycles. The third-order valence-corrected chi connectivity index (χ3v) is 1.76. The van der Waals surface area contributed by atoms with Gasteiger partial charge in [0.25, 0.3) is 5.91 Å². The van der Waals surface area contributed by atoms with Crippen LogP contribution in [-0.4, -0.2) is 19.6 Å². The van der Waals surface area contributed by atoms with E-state index in [1.807, 2.05) is 0 Å². The predicted octanol–water partition coefficient (Wildman–Crippen LogP) is 0.806. The smallest absolute Gasteiger partial charge is 0.252 e. The van der Waals surface area contributed by atoms with Gasteiger partial charge in [0, 0.05) is 0 Å². The minimum Gasteiger partial charge on any atom is -0.497 e. The molecule has 0 atom stereocenters. The van der Waals surface area contributed by atoms with E-state index in [2.05, 4.69) is 5.92 Å². The van der Waals surface area contributed by atoms with Gasteiger partial charge in [0.15, 0.2) is 0 Å². The largest absolute Gasteiger partial charge is 0.497 e. The number of carbonyl (C=O) groups excluding carboxylic acids is 1. The molecule has 1 aromatic rings. The molecule has 1 amide bonds. The first-order valence-corrected chi connectivity index (χ1v) is 4.23. The zero-order valence-corrected chi connectivity index (χ0v) is 8.32. The van der Waals surface area contributed by atoms with Crippen molar-refractivity contribution >= 4 is 5.91 Å². The number of hydrogen-bond acceptors (Lipinski definition) is 3. The third kappa shape index (κ3) is 2.64. The van der Waals surface area contributed by atoms with E-state index in [1.54, 1.807) is 12.1 Å². The minimum absolute atomic E-state index is 0.0899. The van der Waals surface area contributed by atoms with Crippen molar-refractivity contribution in [3.63, 3.8) is 0 Å². The number of primary amides is 1. The fourth-order valence-corrected chi connectivity index (χ4v) is 1.07. The van der Waals surface area contributed by atoms with Gasteiger partial charge >= 0.3 is 0 Å².